The van der Waals surface area contributed by atoms with Crippen LogP contribution in [0.4, 0.5) is 0 Å². The van der Waals surface area contributed by atoms with Crippen LogP contribution in [0.3, 0.4) is 0 Å². The zero-order valence-electron chi connectivity index (χ0n) is 16.7. The van der Waals surface area contributed by atoms with E-state index in [1.807, 2.05) is 0 Å². The predicted octanol–water partition coefficient (Wildman–Crippen LogP) is 3.12. The second-order valence-electron chi connectivity index (χ2n) is 7.72. The first-order valence-corrected chi connectivity index (χ1v) is 9.43. The lowest BCUT2D eigenvalue weighted by molar-refractivity contribution is -0.00202. The van der Waals surface area contributed by atoms with E-state index in [-0.39, 0.29) is 0 Å². The fourth-order valence-electron chi connectivity index (χ4n) is 1.96. The minimum absolute atomic E-state index is 0.322. The third-order valence-electron chi connectivity index (χ3n) is 3.26. The molecule has 0 aliphatic rings. The van der Waals surface area contributed by atoms with E-state index in [4.69, 9.17) is 18.9 Å². The van der Waals surface area contributed by atoms with Crippen LogP contribution in [0.25, 0.3) is 0 Å². The molecule has 0 aromatic heterocycles. The summed E-state index contributed by atoms with van der Waals surface area (Å²) in [5, 5.41) is 3.38. The first kappa shape index (κ1) is 23.8. The maximum atomic E-state index is 5.51. The molecule has 5 nitrogen and oxygen atoms in total. The van der Waals surface area contributed by atoms with Gasteiger partial charge in [-0.15, -0.1) is 0 Å². The molecular formula is C19H41NO4. The van der Waals surface area contributed by atoms with Gasteiger partial charge in [0.15, 0.2) is 0 Å². The van der Waals surface area contributed by atoms with Crippen molar-refractivity contribution in [3.05, 3.63) is 0 Å². The Morgan fingerprint density at radius 1 is 0.708 bits per heavy atom. The van der Waals surface area contributed by atoms with Crippen molar-refractivity contribution in [2.75, 3.05) is 65.9 Å². The lowest BCUT2D eigenvalue weighted by Crippen LogP contribution is -2.29. The van der Waals surface area contributed by atoms with Crippen LogP contribution in [-0.4, -0.2) is 65.9 Å². The van der Waals surface area contributed by atoms with Crippen LogP contribution in [0.2, 0.25) is 0 Å². The molecule has 0 heterocycles. The standard InChI is InChI=1S/C19H41NO4/c1-18(2)7-6-9-21-11-13-23-15-16-24-14-12-22-10-8-20-17-19(3,4)5/h18,20H,6-17H2,1-5H3. The molecule has 0 atom stereocenters. The smallest absolute Gasteiger partial charge is 0.0701 e. The molecule has 5 heteroatoms. The second kappa shape index (κ2) is 16.3. The van der Waals surface area contributed by atoms with E-state index >= 15 is 0 Å². The number of hydrogen-bond acceptors (Lipinski definition) is 5. The first-order valence-electron chi connectivity index (χ1n) is 9.43. The summed E-state index contributed by atoms with van der Waals surface area (Å²) in [4.78, 5) is 0. The van der Waals surface area contributed by atoms with Gasteiger partial charge in [-0.25, -0.2) is 0 Å². The maximum absolute atomic E-state index is 5.51. The van der Waals surface area contributed by atoms with Gasteiger partial charge in [-0.3, -0.25) is 0 Å². The Balaban J connectivity index is 3.03. The molecule has 0 unspecified atom stereocenters. The maximum Gasteiger partial charge on any atom is 0.0701 e. The van der Waals surface area contributed by atoms with Crippen molar-refractivity contribution < 1.29 is 18.9 Å². The molecule has 0 rings (SSSR count). The minimum Gasteiger partial charge on any atom is -0.379 e. The summed E-state index contributed by atoms with van der Waals surface area (Å²) in [7, 11) is 0. The van der Waals surface area contributed by atoms with Crippen LogP contribution in [0.1, 0.15) is 47.5 Å². The van der Waals surface area contributed by atoms with Crippen LogP contribution in [0, 0.1) is 11.3 Å². The normalized spacial score (nSPS) is 12.2. The van der Waals surface area contributed by atoms with E-state index in [2.05, 4.69) is 39.9 Å². The van der Waals surface area contributed by atoms with Gasteiger partial charge < -0.3 is 24.3 Å². The monoisotopic (exact) mass is 347 g/mol. The van der Waals surface area contributed by atoms with Crippen LogP contribution in [0.15, 0.2) is 0 Å². The van der Waals surface area contributed by atoms with Gasteiger partial charge in [0.2, 0.25) is 0 Å². The molecule has 0 fully saturated rings. The fraction of sp³-hybridized carbons (Fsp3) is 1.00. The average Bonchev–Trinajstić information content (AvgIpc) is 2.49. The number of rotatable bonds is 17. The van der Waals surface area contributed by atoms with E-state index in [0.717, 1.165) is 38.6 Å². The Bertz CT molecular complexity index is 254. The topological polar surface area (TPSA) is 49.0 Å². The van der Waals surface area contributed by atoms with Gasteiger partial charge >= 0.3 is 0 Å². The van der Waals surface area contributed by atoms with E-state index in [1.54, 1.807) is 0 Å². The van der Waals surface area contributed by atoms with Gasteiger partial charge in [0.1, 0.15) is 0 Å². The summed E-state index contributed by atoms with van der Waals surface area (Å²) in [5.41, 5.74) is 0.322. The number of hydrogen-bond donors (Lipinski definition) is 1. The minimum atomic E-state index is 0.322. The highest BCUT2D eigenvalue weighted by atomic mass is 16.6. The second-order valence-corrected chi connectivity index (χ2v) is 7.72. The molecule has 0 aliphatic carbocycles. The highest BCUT2D eigenvalue weighted by Crippen LogP contribution is 2.09. The van der Waals surface area contributed by atoms with Crippen molar-refractivity contribution in [1.82, 2.24) is 5.32 Å². The Morgan fingerprint density at radius 2 is 1.17 bits per heavy atom. The SMILES string of the molecule is CC(C)CCCOCCOCCOCCOCCNCC(C)(C)C. The fourth-order valence-corrected chi connectivity index (χ4v) is 1.96. The third-order valence-corrected chi connectivity index (χ3v) is 3.26. The van der Waals surface area contributed by atoms with E-state index in [9.17, 15) is 0 Å². The molecule has 0 bridgehead atoms. The van der Waals surface area contributed by atoms with Crippen molar-refractivity contribution in [2.24, 2.45) is 11.3 Å². The highest BCUT2D eigenvalue weighted by molar-refractivity contribution is 4.64. The lowest BCUT2D eigenvalue weighted by Gasteiger charge is -2.18. The zero-order chi connectivity index (χ0) is 18.1. The van der Waals surface area contributed by atoms with Gasteiger partial charge in [0, 0.05) is 19.7 Å². The zero-order valence-corrected chi connectivity index (χ0v) is 16.7. The predicted molar refractivity (Wildman–Crippen MR) is 99.7 cm³/mol. The summed E-state index contributed by atoms with van der Waals surface area (Å²) in [6.07, 6.45) is 2.36. The molecular weight excluding hydrogens is 306 g/mol. The van der Waals surface area contributed by atoms with Gasteiger partial charge in [0.05, 0.1) is 46.2 Å². The summed E-state index contributed by atoms with van der Waals surface area (Å²) < 4.78 is 21.9. The average molecular weight is 348 g/mol. The van der Waals surface area contributed by atoms with E-state index in [1.165, 1.54) is 6.42 Å². The Hall–Kier alpha value is -0.200. The largest absolute Gasteiger partial charge is 0.379 e. The molecule has 1 N–H and O–H groups in total. The molecule has 0 spiro atoms. The van der Waals surface area contributed by atoms with Crippen molar-refractivity contribution in [3.63, 3.8) is 0 Å². The van der Waals surface area contributed by atoms with Crippen LogP contribution in [0.5, 0.6) is 0 Å². The van der Waals surface area contributed by atoms with Crippen LogP contribution < -0.4 is 5.32 Å². The molecule has 0 amide bonds. The summed E-state index contributed by atoms with van der Waals surface area (Å²) in [6.45, 7) is 18.4. The third kappa shape index (κ3) is 21.8. The first-order chi connectivity index (χ1) is 11.4. The quantitative estimate of drug-likeness (QED) is 0.410. The van der Waals surface area contributed by atoms with Crippen LogP contribution >= 0.6 is 0 Å². The number of nitrogens with one attached hydrogen (secondary N) is 1. The Morgan fingerprint density at radius 3 is 1.62 bits per heavy atom. The summed E-state index contributed by atoms with van der Waals surface area (Å²) >= 11 is 0. The Kier molecular flexibility index (Phi) is 16.1. The molecule has 24 heavy (non-hydrogen) atoms. The van der Waals surface area contributed by atoms with Crippen molar-refractivity contribution in [3.8, 4) is 0 Å². The van der Waals surface area contributed by atoms with E-state index < -0.39 is 0 Å². The molecule has 0 radical (unpaired) electrons. The molecule has 0 saturated heterocycles. The molecule has 0 saturated carbocycles. The molecule has 146 valence electrons. The van der Waals surface area contributed by atoms with Crippen LogP contribution in [-0.2, 0) is 18.9 Å². The molecule has 0 aromatic carbocycles. The van der Waals surface area contributed by atoms with E-state index in [0.29, 0.717) is 45.1 Å². The van der Waals surface area contributed by atoms with Crippen molar-refractivity contribution >= 4 is 0 Å². The number of ether oxygens (including phenoxy) is 4. The summed E-state index contributed by atoms with van der Waals surface area (Å²) in [5.74, 6) is 0.755. The van der Waals surface area contributed by atoms with Gasteiger partial charge in [-0.1, -0.05) is 34.6 Å². The Labute approximate surface area is 149 Å². The molecule has 0 aliphatic heterocycles. The lowest BCUT2D eigenvalue weighted by atomic mass is 9.97. The van der Waals surface area contributed by atoms with Gasteiger partial charge in [0.25, 0.3) is 0 Å². The highest BCUT2D eigenvalue weighted by Gasteiger charge is 2.08. The van der Waals surface area contributed by atoms with Gasteiger partial charge in [-0.2, -0.15) is 0 Å². The molecule has 0 aromatic rings. The van der Waals surface area contributed by atoms with Crippen molar-refractivity contribution in [1.29, 1.82) is 0 Å². The van der Waals surface area contributed by atoms with Gasteiger partial charge in [-0.05, 0) is 24.2 Å². The summed E-state index contributed by atoms with van der Waals surface area (Å²) in [6, 6.07) is 0. The van der Waals surface area contributed by atoms with Crippen molar-refractivity contribution in [2.45, 2.75) is 47.5 Å².